The number of alkyl halides is 3. The molecule has 2 aromatic rings. The third-order valence-corrected chi connectivity index (χ3v) is 6.18. The van der Waals surface area contributed by atoms with Gasteiger partial charge in [0, 0.05) is 20.8 Å². The van der Waals surface area contributed by atoms with Gasteiger partial charge in [-0.25, -0.2) is 9.78 Å². The van der Waals surface area contributed by atoms with E-state index in [1.54, 1.807) is 24.3 Å². The molecule has 1 aliphatic heterocycles. The molecule has 0 spiro atoms. The van der Waals surface area contributed by atoms with Gasteiger partial charge < -0.3 is 33.4 Å². The maximum absolute atomic E-state index is 12.6. The molecule has 1 saturated heterocycles. The molecule has 16 heteroatoms. The van der Waals surface area contributed by atoms with Crippen LogP contribution in [0.3, 0.4) is 0 Å². The Morgan fingerprint density at radius 2 is 1.66 bits per heavy atom. The van der Waals surface area contributed by atoms with E-state index in [4.69, 9.17) is 62.9 Å². The van der Waals surface area contributed by atoms with E-state index < -0.39 is 64.2 Å². The Bertz CT molecular complexity index is 1140. The lowest BCUT2D eigenvalue weighted by molar-refractivity contribution is -0.211. The smallest absolute Gasteiger partial charge is 0.407 e. The molecule has 38 heavy (non-hydrogen) atoms. The standard InChI is InChI=1S/C22H23Cl3N2O10S/c1-10(28)32-8-15-17(34-11(2)29)18(35-12(3)30)16(27-20(31)33-9-22(23,24)25)19(36-15)38-21-26-13-6-4-5-7-14(13)37-21/h4-7,15-19H,8-9H2,1-3H3,(H,27,31)/t15-,16-,17-,18-,19+/m1/s1. The number of oxazole rings is 1. The van der Waals surface area contributed by atoms with Crippen molar-refractivity contribution < 1.29 is 47.3 Å². The first-order chi connectivity index (χ1) is 17.8. The predicted molar refractivity (Wildman–Crippen MR) is 135 cm³/mol. The number of nitrogens with zero attached hydrogens (tertiary/aromatic N) is 1. The Morgan fingerprint density at radius 3 is 2.26 bits per heavy atom. The third-order valence-electron chi connectivity index (χ3n) is 4.84. The van der Waals surface area contributed by atoms with Gasteiger partial charge in [0.1, 0.15) is 36.3 Å². The number of hydrogen-bond donors (Lipinski definition) is 1. The van der Waals surface area contributed by atoms with Crippen LogP contribution in [-0.2, 0) is 38.1 Å². The maximum Gasteiger partial charge on any atom is 0.407 e. The Kier molecular flexibility index (Phi) is 10.4. The molecular weight excluding hydrogens is 591 g/mol. The number of carbonyl (C=O) groups is 4. The van der Waals surface area contributed by atoms with Gasteiger partial charge in [-0.05, 0) is 23.9 Å². The fourth-order valence-corrected chi connectivity index (χ4v) is 4.70. The van der Waals surface area contributed by atoms with Gasteiger partial charge in [-0.3, -0.25) is 14.4 Å². The SMILES string of the molecule is CC(=O)OC[C@H]1O[C@@H](Sc2nc3ccccc3o2)[C@H](NC(=O)OCC(Cl)(Cl)Cl)[C@@H](OC(C)=O)[C@@H]1OC(C)=O. The molecule has 0 bridgehead atoms. The van der Waals surface area contributed by atoms with Crippen molar-refractivity contribution in [3.05, 3.63) is 24.3 Å². The number of alkyl carbamates (subject to hydrolysis) is 1. The van der Waals surface area contributed by atoms with Gasteiger partial charge in [-0.2, -0.15) is 0 Å². The second-order valence-corrected chi connectivity index (χ2v) is 11.5. The summed E-state index contributed by atoms with van der Waals surface area (Å²) in [6.45, 7) is 2.48. The van der Waals surface area contributed by atoms with Gasteiger partial charge in [-0.1, -0.05) is 46.9 Å². The summed E-state index contributed by atoms with van der Waals surface area (Å²) in [6, 6.07) is 5.77. The molecule has 2 heterocycles. The molecular formula is C22H23Cl3N2O10S. The Labute approximate surface area is 235 Å². The first-order valence-electron chi connectivity index (χ1n) is 11.0. The highest BCUT2D eigenvalue weighted by Crippen LogP contribution is 2.37. The van der Waals surface area contributed by atoms with Gasteiger partial charge >= 0.3 is 24.0 Å². The van der Waals surface area contributed by atoms with E-state index in [0.717, 1.165) is 25.6 Å². The first kappa shape index (κ1) is 30.1. The van der Waals surface area contributed by atoms with Crippen LogP contribution in [0, 0.1) is 0 Å². The number of nitrogens with one attached hydrogen (secondary N) is 1. The van der Waals surface area contributed by atoms with Crippen molar-refractivity contribution in [3.8, 4) is 0 Å². The minimum atomic E-state index is -1.89. The minimum absolute atomic E-state index is 0.149. The number of para-hydroxylation sites is 2. The lowest BCUT2D eigenvalue weighted by atomic mass is 9.97. The highest BCUT2D eigenvalue weighted by Gasteiger charge is 2.52. The van der Waals surface area contributed by atoms with Crippen LogP contribution >= 0.6 is 46.6 Å². The number of amides is 1. The van der Waals surface area contributed by atoms with E-state index in [-0.39, 0.29) is 11.8 Å². The quantitative estimate of drug-likeness (QED) is 0.263. The molecule has 1 fully saturated rings. The molecule has 1 aliphatic rings. The van der Waals surface area contributed by atoms with E-state index in [1.807, 2.05) is 0 Å². The number of halogens is 3. The largest absolute Gasteiger partial charge is 0.463 e. The average molecular weight is 614 g/mol. The van der Waals surface area contributed by atoms with Crippen LogP contribution in [0.25, 0.3) is 11.1 Å². The van der Waals surface area contributed by atoms with Gasteiger partial charge in [0.05, 0.1) is 0 Å². The van der Waals surface area contributed by atoms with Gasteiger partial charge in [-0.15, -0.1) is 0 Å². The summed E-state index contributed by atoms with van der Waals surface area (Å²) in [6.07, 6.45) is -4.78. The van der Waals surface area contributed by atoms with Crippen LogP contribution in [0.2, 0.25) is 0 Å². The van der Waals surface area contributed by atoms with Crippen LogP contribution in [-0.4, -0.2) is 75.8 Å². The van der Waals surface area contributed by atoms with Crippen LogP contribution in [0.4, 0.5) is 4.79 Å². The van der Waals surface area contributed by atoms with Crippen LogP contribution < -0.4 is 5.32 Å². The fraction of sp³-hybridized carbons (Fsp3) is 0.500. The number of fused-ring (bicyclic) bond motifs is 1. The summed E-state index contributed by atoms with van der Waals surface area (Å²) in [5, 5.41) is 2.66. The van der Waals surface area contributed by atoms with Crippen molar-refractivity contribution in [2.24, 2.45) is 0 Å². The van der Waals surface area contributed by atoms with E-state index in [1.165, 1.54) is 6.92 Å². The van der Waals surface area contributed by atoms with Crippen molar-refractivity contribution in [1.82, 2.24) is 10.3 Å². The predicted octanol–water partition coefficient (Wildman–Crippen LogP) is 3.54. The molecule has 1 amide bonds. The van der Waals surface area contributed by atoms with E-state index in [9.17, 15) is 19.2 Å². The molecule has 0 radical (unpaired) electrons. The molecule has 1 aromatic carbocycles. The number of ether oxygens (including phenoxy) is 5. The lowest BCUT2D eigenvalue weighted by Gasteiger charge is -2.44. The minimum Gasteiger partial charge on any atom is -0.463 e. The summed E-state index contributed by atoms with van der Waals surface area (Å²) in [4.78, 5) is 52.5. The second kappa shape index (κ2) is 13.1. The number of aromatic nitrogens is 1. The Hall–Kier alpha value is -2.45. The highest BCUT2D eigenvalue weighted by molar-refractivity contribution is 7.99. The fourth-order valence-electron chi connectivity index (χ4n) is 3.48. The van der Waals surface area contributed by atoms with Crippen LogP contribution in [0.15, 0.2) is 33.9 Å². The number of hydrogen-bond acceptors (Lipinski definition) is 12. The molecule has 5 atom stereocenters. The van der Waals surface area contributed by atoms with E-state index >= 15 is 0 Å². The van der Waals surface area contributed by atoms with Crippen LogP contribution in [0.5, 0.6) is 0 Å². The van der Waals surface area contributed by atoms with Crippen molar-refractivity contribution in [1.29, 1.82) is 0 Å². The summed E-state index contributed by atoms with van der Waals surface area (Å²) in [5.41, 5.74) is -0.0357. The lowest BCUT2D eigenvalue weighted by Crippen LogP contribution is -2.65. The zero-order valence-electron chi connectivity index (χ0n) is 20.2. The Balaban J connectivity index is 1.98. The number of rotatable bonds is 8. The highest BCUT2D eigenvalue weighted by atomic mass is 35.6. The molecule has 12 nitrogen and oxygen atoms in total. The number of benzene rings is 1. The van der Waals surface area contributed by atoms with E-state index in [2.05, 4.69) is 10.3 Å². The second-order valence-electron chi connectivity index (χ2n) is 7.92. The topological polar surface area (TPSA) is 152 Å². The number of thioether (sulfide) groups is 1. The average Bonchev–Trinajstić information content (AvgIpc) is 3.21. The molecule has 0 aliphatic carbocycles. The van der Waals surface area contributed by atoms with Crippen LogP contribution in [0.1, 0.15) is 20.8 Å². The molecule has 0 unspecified atom stereocenters. The summed E-state index contributed by atoms with van der Waals surface area (Å²) >= 11 is 17.9. The molecule has 1 N–H and O–H groups in total. The summed E-state index contributed by atoms with van der Waals surface area (Å²) in [5.74, 6) is -2.13. The monoisotopic (exact) mass is 612 g/mol. The summed E-state index contributed by atoms with van der Waals surface area (Å²) < 4.78 is 30.9. The van der Waals surface area contributed by atoms with Crippen molar-refractivity contribution >= 4 is 81.7 Å². The molecule has 208 valence electrons. The molecule has 1 aromatic heterocycles. The normalized spacial score (nSPS) is 23.4. The summed E-state index contributed by atoms with van der Waals surface area (Å²) in [7, 11) is 0. The maximum atomic E-state index is 12.6. The van der Waals surface area contributed by atoms with Crippen molar-refractivity contribution in [3.63, 3.8) is 0 Å². The number of carbonyl (C=O) groups excluding carboxylic acids is 4. The molecule has 0 saturated carbocycles. The van der Waals surface area contributed by atoms with E-state index in [0.29, 0.717) is 11.1 Å². The number of esters is 3. The molecule has 3 rings (SSSR count). The van der Waals surface area contributed by atoms with Crippen molar-refractivity contribution in [2.45, 2.75) is 59.6 Å². The Morgan fingerprint density at radius 1 is 1.00 bits per heavy atom. The third kappa shape index (κ3) is 8.80. The van der Waals surface area contributed by atoms with Gasteiger partial charge in [0.15, 0.2) is 17.8 Å². The van der Waals surface area contributed by atoms with Gasteiger partial charge in [0.2, 0.25) is 3.79 Å². The first-order valence-corrected chi connectivity index (χ1v) is 13.0. The zero-order chi connectivity index (χ0) is 28.0. The van der Waals surface area contributed by atoms with Gasteiger partial charge in [0.25, 0.3) is 5.22 Å². The van der Waals surface area contributed by atoms with Crippen molar-refractivity contribution in [2.75, 3.05) is 13.2 Å². The zero-order valence-corrected chi connectivity index (χ0v) is 23.3.